The molecular formula is C16H14BrClN2O. The molecule has 1 heterocycles. The third kappa shape index (κ3) is 3.12. The Bertz CT molecular complexity index is 703. The van der Waals surface area contributed by atoms with Crippen LogP contribution in [0.2, 0.25) is 5.02 Å². The van der Waals surface area contributed by atoms with Gasteiger partial charge in [-0.05, 0) is 64.3 Å². The smallest absolute Gasteiger partial charge is 0.256 e. The number of anilines is 1. The first-order valence-corrected chi connectivity index (χ1v) is 7.90. The minimum absolute atomic E-state index is 0.141. The molecule has 0 saturated carbocycles. The van der Waals surface area contributed by atoms with E-state index < -0.39 is 0 Å². The summed E-state index contributed by atoms with van der Waals surface area (Å²) in [5, 5.41) is 6.93. The van der Waals surface area contributed by atoms with Crippen molar-refractivity contribution in [1.29, 1.82) is 0 Å². The van der Waals surface area contributed by atoms with Crippen LogP contribution in [-0.4, -0.2) is 12.5 Å². The van der Waals surface area contributed by atoms with Gasteiger partial charge in [-0.3, -0.25) is 4.79 Å². The second-order valence-electron chi connectivity index (χ2n) is 4.95. The first-order valence-electron chi connectivity index (χ1n) is 6.73. The summed E-state index contributed by atoms with van der Waals surface area (Å²) in [6, 6.07) is 11.2. The lowest BCUT2D eigenvalue weighted by Crippen LogP contribution is -2.25. The lowest BCUT2D eigenvalue weighted by atomic mass is 9.99. The molecule has 0 aromatic heterocycles. The quantitative estimate of drug-likeness (QED) is 0.844. The van der Waals surface area contributed by atoms with E-state index in [0.29, 0.717) is 15.1 Å². The summed E-state index contributed by atoms with van der Waals surface area (Å²) in [4.78, 5) is 12.4. The highest BCUT2D eigenvalue weighted by molar-refractivity contribution is 9.10. The Hall–Kier alpha value is -1.36. The van der Waals surface area contributed by atoms with Crippen molar-refractivity contribution in [3.63, 3.8) is 0 Å². The molecule has 2 aromatic carbocycles. The normalized spacial score (nSPS) is 13.6. The molecule has 1 aliphatic heterocycles. The maximum absolute atomic E-state index is 12.4. The number of benzene rings is 2. The molecule has 0 aliphatic carbocycles. The summed E-state index contributed by atoms with van der Waals surface area (Å²) in [7, 11) is 0. The second-order valence-corrected chi connectivity index (χ2v) is 6.24. The first-order chi connectivity index (χ1) is 10.1. The average Bonchev–Trinajstić information content (AvgIpc) is 2.47. The van der Waals surface area contributed by atoms with Crippen molar-refractivity contribution < 1.29 is 4.79 Å². The highest BCUT2D eigenvalue weighted by Gasteiger charge is 2.16. The standard InChI is InChI=1S/C16H14BrClN2O/c17-14-8-11(18)4-5-12(14)16(21)20-15-3-1-2-10-6-7-19-9-13(10)15/h1-5,8,19H,6-7,9H2,(H,20,21). The van der Waals surface area contributed by atoms with Gasteiger partial charge in [-0.15, -0.1) is 0 Å². The molecule has 5 heteroatoms. The zero-order chi connectivity index (χ0) is 14.8. The number of hydrogen-bond donors (Lipinski definition) is 2. The molecule has 21 heavy (non-hydrogen) atoms. The average molecular weight is 366 g/mol. The Morgan fingerprint density at radius 3 is 2.95 bits per heavy atom. The number of amides is 1. The van der Waals surface area contributed by atoms with Gasteiger partial charge in [-0.25, -0.2) is 0 Å². The summed E-state index contributed by atoms with van der Waals surface area (Å²) >= 11 is 9.29. The number of rotatable bonds is 2. The van der Waals surface area contributed by atoms with Crippen LogP contribution in [0.1, 0.15) is 21.5 Å². The topological polar surface area (TPSA) is 41.1 Å². The van der Waals surface area contributed by atoms with Crippen LogP contribution in [0.3, 0.4) is 0 Å². The monoisotopic (exact) mass is 364 g/mol. The molecule has 0 fully saturated rings. The van der Waals surface area contributed by atoms with E-state index in [1.54, 1.807) is 18.2 Å². The molecule has 108 valence electrons. The van der Waals surface area contributed by atoms with Gasteiger partial charge in [0.1, 0.15) is 0 Å². The lowest BCUT2D eigenvalue weighted by molar-refractivity contribution is 0.102. The minimum Gasteiger partial charge on any atom is -0.322 e. The highest BCUT2D eigenvalue weighted by Crippen LogP contribution is 2.26. The minimum atomic E-state index is -0.141. The van der Waals surface area contributed by atoms with Crippen molar-refractivity contribution in [3.05, 3.63) is 62.6 Å². The number of carbonyl (C=O) groups excluding carboxylic acids is 1. The molecule has 2 N–H and O–H groups in total. The predicted octanol–water partition coefficient (Wildman–Crippen LogP) is 4.00. The van der Waals surface area contributed by atoms with E-state index in [2.05, 4.69) is 32.6 Å². The molecule has 1 amide bonds. The third-order valence-electron chi connectivity index (χ3n) is 3.57. The van der Waals surface area contributed by atoms with Gasteiger partial charge in [0.25, 0.3) is 5.91 Å². The van der Waals surface area contributed by atoms with E-state index >= 15 is 0 Å². The first kappa shape index (κ1) is 14.6. The molecule has 1 aliphatic rings. The van der Waals surface area contributed by atoms with E-state index in [4.69, 9.17) is 11.6 Å². The largest absolute Gasteiger partial charge is 0.322 e. The SMILES string of the molecule is O=C(Nc1cccc2c1CNCC2)c1ccc(Cl)cc1Br. The zero-order valence-corrected chi connectivity index (χ0v) is 13.6. The highest BCUT2D eigenvalue weighted by atomic mass is 79.9. The van der Waals surface area contributed by atoms with Crippen molar-refractivity contribution in [1.82, 2.24) is 5.32 Å². The van der Waals surface area contributed by atoms with E-state index in [-0.39, 0.29) is 5.91 Å². The Labute approximate surface area is 136 Å². The fourth-order valence-electron chi connectivity index (χ4n) is 2.49. The van der Waals surface area contributed by atoms with Crippen molar-refractivity contribution >= 4 is 39.1 Å². The molecular weight excluding hydrogens is 352 g/mol. The molecule has 0 saturated heterocycles. The van der Waals surface area contributed by atoms with E-state index in [1.807, 2.05) is 12.1 Å². The third-order valence-corrected chi connectivity index (χ3v) is 4.46. The maximum Gasteiger partial charge on any atom is 0.256 e. The van der Waals surface area contributed by atoms with Gasteiger partial charge in [0.2, 0.25) is 0 Å². The molecule has 0 spiro atoms. The number of carbonyl (C=O) groups is 1. The van der Waals surface area contributed by atoms with Crippen molar-refractivity contribution in [2.75, 3.05) is 11.9 Å². The lowest BCUT2D eigenvalue weighted by Gasteiger charge is -2.20. The van der Waals surface area contributed by atoms with Crippen LogP contribution in [-0.2, 0) is 13.0 Å². The van der Waals surface area contributed by atoms with E-state index in [9.17, 15) is 4.79 Å². The summed E-state index contributed by atoms with van der Waals surface area (Å²) in [5.74, 6) is -0.141. The molecule has 0 radical (unpaired) electrons. The van der Waals surface area contributed by atoms with Gasteiger partial charge >= 0.3 is 0 Å². The van der Waals surface area contributed by atoms with E-state index in [1.165, 1.54) is 11.1 Å². The van der Waals surface area contributed by atoms with Gasteiger partial charge in [0, 0.05) is 21.7 Å². The molecule has 0 unspecified atom stereocenters. The van der Waals surface area contributed by atoms with Crippen LogP contribution in [0.15, 0.2) is 40.9 Å². The van der Waals surface area contributed by atoms with Gasteiger partial charge in [-0.1, -0.05) is 23.7 Å². The summed E-state index contributed by atoms with van der Waals surface area (Å²) in [6.45, 7) is 1.76. The fourth-order valence-corrected chi connectivity index (χ4v) is 3.36. The summed E-state index contributed by atoms with van der Waals surface area (Å²) in [6.07, 6.45) is 0.990. The number of nitrogens with one attached hydrogen (secondary N) is 2. The Balaban J connectivity index is 1.88. The zero-order valence-electron chi connectivity index (χ0n) is 11.2. The molecule has 2 aromatic rings. The van der Waals surface area contributed by atoms with E-state index in [0.717, 1.165) is 25.2 Å². The van der Waals surface area contributed by atoms with Crippen LogP contribution < -0.4 is 10.6 Å². The van der Waals surface area contributed by atoms with Crippen LogP contribution in [0.5, 0.6) is 0 Å². The van der Waals surface area contributed by atoms with Crippen LogP contribution >= 0.6 is 27.5 Å². The Morgan fingerprint density at radius 1 is 1.29 bits per heavy atom. The van der Waals surface area contributed by atoms with Crippen LogP contribution in [0, 0.1) is 0 Å². The number of fused-ring (bicyclic) bond motifs is 1. The van der Waals surface area contributed by atoms with Gasteiger partial charge in [-0.2, -0.15) is 0 Å². The molecule has 3 nitrogen and oxygen atoms in total. The maximum atomic E-state index is 12.4. The van der Waals surface area contributed by atoms with Crippen molar-refractivity contribution in [2.24, 2.45) is 0 Å². The summed E-state index contributed by atoms with van der Waals surface area (Å²) in [5.41, 5.74) is 3.90. The number of hydrogen-bond acceptors (Lipinski definition) is 2. The molecule has 0 atom stereocenters. The fraction of sp³-hybridized carbons (Fsp3) is 0.188. The Morgan fingerprint density at radius 2 is 2.14 bits per heavy atom. The summed E-state index contributed by atoms with van der Waals surface area (Å²) < 4.78 is 0.690. The van der Waals surface area contributed by atoms with Gasteiger partial charge < -0.3 is 10.6 Å². The van der Waals surface area contributed by atoms with Gasteiger partial charge in [0.05, 0.1) is 5.56 Å². The van der Waals surface area contributed by atoms with Crippen LogP contribution in [0.4, 0.5) is 5.69 Å². The van der Waals surface area contributed by atoms with Crippen molar-refractivity contribution in [2.45, 2.75) is 13.0 Å². The number of halogens is 2. The molecule has 0 bridgehead atoms. The molecule has 3 rings (SSSR count). The van der Waals surface area contributed by atoms with Gasteiger partial charge in [0.15, 0.2) is 0 Å². The Kier molecular flexibility index (Phi) is 4.29. The van der Waals surface area contributed by atoms with Crippen LogP contribution in [0.25, 0.3) is 0 Å². The second kappa shape index (κ2) is 6.18. The predicted molar refractivity (Wildman–Crippen MR) is 89.0 cm³/mol. The van der Waals surface area contributed by atoms with Crippen molar-refractivity contribution in [3.8, 4) is 0 Å².